The Labute approximate surface area is 109 Å². The van der Waals surface area contributed by atoms with Gasteiger partial charge in [-0.05, 0) is 13.8 Å². The molecule has 3 N–H and O–H groups in total. The monoisotopic (exact) mass is 270 g/mol. The quantitative estimate of drug-likeness (QED) is 0.635. The molecule has 1 aliphatic rings. The van der Waals surface area contributed by atoms with Crippen LogP contribution in [0.3, 0.4) is 0 Å². The lowest BCUT2D eigenvalue weighted by molar-refractivity contribution is -0.0468. The summed E-state index contributed by atoms with van der Waals surface area (Å²) < 4.78 is 7.90. The first-order chi connectivity index (χ1) is 8.95. The molecule has 2 rings (SSSR count). The molecule has 1 aromatic heterocycles. The van der Waals surface area contributed by atoms with E-state index in [1.165, 1.54) is 15.5 Å². The Morgan fingerprint density at radius 1 is 1.63 bits per heavy atom. The van der Waals surface area contributed by atoms with E-state index >= 15 is 0 Å². The molecule has 0 amide bonds. The van der Waals surface area contributed by atoms with Crippen molar-refractivity contribution in [1.82, 2.24) is 14.1 Å². The molecule has 3 atom stereocenters. The van der Waals surface area contributed by atoms with Crippen molar-refractivity contribution < 1.29 is 14.9 Å². The van der Waals surface area contributed by atoms with Gasteiger partial charge in [0.05, 0.1) is 12.7 Å². The Kier molecular flexibility index (Phi) is 3.83. The zero-order valence-corrected chi connectivity index (χ0v) is 10.9. The molecule has 1 unspecified atom stereocenters. The fourth-order valence-electron chi connectivity index (χ4n) is 2.16. The van der Waals surface area contributed by atoms with Gasteiger partial charge in [-0.25, -0.2) is 9.78 Å². The molecule has 0 radical (unpaired) electrons. The van der Waals surface area contributed by atoms with Crippen molar-refractivity contribution in [3.05, 3.63) is 22.4 Å². The number of hydrogen-bond acceptors (Lipinski definition) is 6. The minimum absolute atomic E-state index is 0.117. The van der Waals surface area contributed by atoms with Gasteiger partial charge in [-0.1, -0.05) is 0 Å². The van der Waals surface area contributed by atoms with E-state index in [0.29, 0.717) is 0 Å². The highest BCUT2D eigenvalue weighted by molar-refractivity contribution is 4.84. The van der Waals surface area contributed by atoms with Crippen molar-refractivity contribution in [2.45, 2.75) is 44.7 Å². The standard InChI is InChI=1S/C11H18N4O4/c1-6(2)15-10(12)13-5-14(11(15)18)9-3-7(17)8(4-16)19-9/h5-9,12,16-17H,3-4H2,1-2H3/t7?,8-,9-/m1/s1. The number of aromatic nitrogens is 3. The van der Waals surface area contributed by atoms with E-state index in [2.05, 4.69) is 4.98 Å². The number of rotatable bonds is 3. The number of hydrogen-bond donors (Lipinski definition) is 3. The van der Waals surface area contributed by atoms with Gasteiger partial charge in [0, 0.05) is 12.5 Å². The van der Waals surface area contributed by atoms with E-state index in [-0.39, 0.29) is 24.7 Å². The van der Waals surface area contributed by atoms with E-state index in [0.717, 1.165) is 0 Å². The lowest BCUT2D eigenvalue weighted by Crippen LogP contribution is -2.43. The Bertz CT molecular complexity index is 565. The van der Waals surface area contributed by atoms with Gasteiger partial charge in [-0.3, -0.25) is 14.5 Å². The molecule has 0 bridgehead atoms. The van der Waals surface area contributed by atoms with Gasteiger partial charge in [0.25, 0.3) is 0 Å². The lowest BCUT2D eigenvalue weighted by atomic mass is 10.2. The average molecular weight is 270 g/mol. The zero-order valence-electron chi connectivity index (χ0n) is 10.9. The van der Waals surface area contributed by atoms with Crippen molar-refractivity contribution in [2.75, 3.05) is 6.61 Å². The van der Waals surface area contributed by atoms with Crippen molar-refractivity contribution >= 4 is 0 Å². The molecule has 8 nitrogen and oxygen atoms in total. The van der Waals surface area contributed by atoms with Crippen LogP contribution in [-0.2, 0) is 4.74 Å². The summed E-state index contributed by atoms with van der Waals surface area (Å²) in [5.74, 6) is 0. The second kappa shape index (κ2) is 5.24. The van der Waals surface area contributed by atoms with Gasteiger partial charge in [0.15, 0.2) is 0 Å². The lowest BCUT2D eigenvalue weighted by Gasteiger charge is -2.17. The highest BCUT2D eigenvalue weighted by Crippen LogP contribution is 2.26. The first kappa shape index (κ1) is 13.9. The maximum Gasteiger partial charge on any atom is 0.334 e. The van der Waals surface area contributed by atoms with Crippen molar-refractivity contribution in [3.63, 3.8) is 0 Å². The summed E-state index contributed by atoms with van der Waals surface area (Å²) in [4.78, 5) is 16.1. The summed E-state index contributed by atoms with van der Waals surface area (Å²) in [6.45, 7) is 3.26. The van der Waals surface area contributed by atoms with Crippen LogP contribution in [0.2, 0.25) is 0 Å². The minimum Gasteiger partial charge on any atom is -0.394 e. The molecule has 8 heteroatoms. The zero-order chi connectivity index (χ0) is 14.2. The number of ether oxygens (including phenoxy) is 1. The summed E-state index contributed by atoms with van der Waals surface area (Å²) in [7, 11) is 0. The van der Waals surface area contributed by atoms with Gasteiger partial charge in [0.1, 0.15) is 18.7 Å². The third-order valence-electron chi connectivity index (χ3n) is 3.17. The molecule has 106 valence electrons. The van der Waals surface area contributed by atoms with E-state index < -0.39 is 24.1 Å². The minimum atomic E-state index is -0.815. The van der Waals surface area contributed by atoms with Gasteiger partial charge < -0.3 is 14.9 Å². The van der Waals surface area contributed by atoms with Crippen LogP contribution in [0.1, 0.15) is 32.5 Å². The second-order valence-corrected chi connectivity index (χ2v) is 4.84. The fraction of sp³-hybridized carbons (Fsp3) is 0.727. The molecule has 1 saturated heterocycles. The van der Waals surface area contributed by atoms with E-state index in [1.54, 1.807) is 13.8 Å². The van der Waals surface area contributed by atoms with Gasteiger partial charge >= 0.3 is 5.69 Å². The Hall–Kier alpha value is -1.51. The van der Waals surface area contributed by atoms with Crippen LogP contribution in [0.25, 0.3) is 0 Å². The first-order valence-electron chi connectivity index (χ1n) is 6.14. The fourth-order valence-corrected chi connectivity index (χ4v) is 2.16. The van der Waals surface area contributed by atoms with Crippen LogP contribution in [0, 0.1) is 5.41 Å². The second-order valence-electron chi connectivity index (χ2n) is 4.84. The maximum absolute atomic E-state index is 12.3. The van der Waals surface area contributed by atoms with E-state index in [4.69, 9.17) is 15.3 Å². The number of nitrogens with one attached hydrogen (secondary N) is 1. The molecular weight excluding hydrogens is 252 g/mol. The molecule has 0 saturated carbocycles. The van der Waals surface area contributed by atoms with Crippen LogP contribution in [0.15, 0.2) is 11.1 Å². The molecule has 1 aromatic rings. The summed E-state index contributed by atoms with van der Waals surface area (Å²) in [6.07, 6.45) is -0.731. The highest BCUT2D eigenvalue weighted by Gasteiger charge is 2.35. The topological polar surface area (TPSA) is 113 Å². The Balaban J connectivity index is 2.40. The third kappa shape index (κ3) is 2.46. The predicted octanol–water partition coefficient (Wildman–Crippen LogP) is -1.25. The number of aliphatic hydroxyl groups is 2. The molecule has 0 spiro atoms. The molecule has 0 aliphatic carbocycles. The Morgan fingerprint density at radius 2 is 2.32 bits per heavy atom. The molecular formula is C11H18N4O4. The highest BCUT2D eigenvalue weighted by atomic mass is 16.5. The van der Waals surface area contributed by atoms with Crippen LogP contribution in [0.5, 0.6) is 0 Å². The predicted molar refractivity (Wildman–Crippen MR) is 64.3 cm³/mol. The maximum atomic E-state index is 12.3. The molecule has 2 heterocycles. The van der Waals surface area contributed by atoms with Crippen molar-refractivity contribution in [3.8, 4) is 0 Å². The van der Waals surface area contributed by atoms with Crippen molar-refractivity contribution in [2.24, 2.45) is 0 Å². The number of aliphatic hydroxyl groups excluding tert-OH is 2. The Morgan fingerprint density at radius 3 is 2.84 bits per heavy atom. The van der Waals surface area contributed by atoms with Gasteiger partial charge in [-0.2, -0.15) is 0 Å². The van der Waals surface area contributed by atoms with E-state index in [1.807, 2.05) is 0 Å². The number of nitrogens with zero attached hydrogens (tertiary/aromatic N) is 3. The summed E-state index contributed by atoms with van der Waals surface area (Å²) in [5, 5.41) is 26.3. The molecule has 19 heavy (non-hydrogen) atoms. The van der Waals surface area contributed by atoms with Crippen LogP contribution < -0.4 is 11.3 Å². The van der Waals surface area contributed by atoms with Gasteiger partial charge in [0.2, 0.25) is 5.62 Å². The average Bonchev–Trinajstić information content (AvgIpc) is 2.70. The molecule has 0 aromatic carbocycles. The smallest absolute Gasteiger partial charge is 0.334 e. The van der Waals surface area contributed by atoms with Crippen LogP contribution >= 0.6 is 0 Å². The molecule has 1 fully saturated rings. The SMILES string of the molecule is CC(C)n1c(=N)ncn([C@H]2CC(O)[C@@H](CO)O2)c1=O. The van der Waals surface area contributed by atoms with Crippen LogP contribution in [-0.4, -0.2) is 43.1 Å². The van der Waals surface area contributed by atoms with Crippen LogP contribution in [0.4, 0.5) is 0 Å². The largest absolute Gasteiger partial charge is 0.394 e. The van der Waals surface area contributed by atoms with E-state index in [9.17, 15) is 9.90 Å². The van der Waals surface area contributed by atoms with Crippen molar-refractivity contribution in [1.29, 1.82) is 5.41 Å². The normalized spacial score (nSPS) is 27.1. The van der Waals surface area contributed by atoms with Gasteiger partial charge in [-0.15, -0.1) is 0 Å². The summed E-state index contributed by atoms with van der Waals surface area (Å²) in [5.41, 5.74) is -0.528. The summed E-state index contributed by atoms with van der Waals surface area (Å²) in [6, 6.07) is -0.195. The first-order valence-corrected chi connectivity index (χ1v) is 6.14. The third-order valence-corrected chi connectivity index (χ3v) is 3.17. The molecule has 1 aliphatic heterocycles. The summed E-state index contributed by atoms with van der Waals surface area (Å²) >= 11 is 0.